The average molecular weight is 360 g/mol. The molecule has 0 fully saturated rings. The predicted molar refractivity (Wildman–Crippen MR) is 103 cm³/mol. The van der Waals surface area contributed by atoms with Gasteiger partial charge in [-0.05, 0) is 29.7 Å². The molecule has 1 N–H and O–H groups in total. The van der Waals surface area contributed by atoms with E-state index in [0.717, 1.165) is 16.7 Å². The van der Waals surface area contributed by atoms with Crippen molar-refractivity contribution in [1.82, 2.24) is 9.78 Å². The summed E-state index contributed by atoms with van der Waals surface area (Å²) in [5.41, 5.74) is 4.00. The number of rotatable bonds is 6. The number of carbonyl (C=O) groups excluding carboxylic acids is 1. The van der Waals surface area contributed by atoms with Crippen molar-refractivity contribution in [3.05, 3.63) is 71.4 Å². The Kier molecular flexibility index (Phi) is 5.53. The predicted octanol–water partition coefficient (Wildman–Crippen LogP) is 3.75. The molecule has 1 heterocycles. The Morgan fingerprint density at radius 1 is 1.22 bits per heavy atom. The van der Waals surface area contributed by atoms with Crippen LogP contribution in [-0.2, 0) is 18.3 Å². The first-order valence-corrected chi connectivity index (χ1v) is 8.65. The molecule has 0 atom stereocenters. The SMILES string of the molecule is CCOC(=O)c1cn(C)nc1NCc1ccc(-c2ccccc2C#N)cc1. The molecule has 27 heavy (non-hydrogen) atoms. The van der Waals surface area contributed by atoms with Crippen LogP contribution in [0.2, 0.25) is 0 Å². The van der Waals surface area contributed by atoms with Gasteiger partial charge in [-0.15, -0.1) is 0 Å². The number of nitrogens with one attached hydrogen (secondary N) is 1. The number of nitriles is 1. The molecule has 0 aliphatic heterocycles. The zero-order chi connectivity index (χ0) is 19.2. The van der Waals surface area contributed by atoms with E-state index in [1.165, 1.54) is 0 Å². The van der Waals surface area contributed by atoms with E-state index in [2.05, 4.69) is 16.5 Å². The summed E-state index contributed by atoms with van der Waals surface area (Å²) in [6.45, 7) is 2.61. The molecule has 0 radical (unpaired) electrons. The number of benzene rings is 2. The van der Waals surface area contributed by atoms with Crippen molar-refractivity contribution in [3.63, 3.8) is 0 Å². The van der Waals surface area contributed by atoms with Gasteiger partial charge in [-0.2, -0.15) is 10.4 Å². The van der Waals surface area contributed by atoms with Gasteiger partial charge in [0.1, 0.15) is 5.56 Å². The van der Waals surface area contributed by atoms with Crippen LogP contribution in [-0.4, -0.2) is 22.4 Å². The fourth-order valence-electron chi connectivity index (χ4n) is 2.80. The first-order chi connectivity index (χ1) is 13.1. The van der Waals surface area contributed by atoms with E-state index in [0.29, 0.717) is 30.1 Å². The zero-order valence-corrected chi connectivity index (χ0v) is 15.3. The number of hydrogen-bond acceptors (Lipinski definition) is 5. The number of aromatic nitrogens is 2. The zero-order valence-electron chi connectivity index (χ0n) is 15.3. The minimum atomic E-state index is -0.392. The highest BCUT2D eigenvalue weighted by atomic mass is 16.5. The second-order valence-electron chi connectivity index (χ2n) is 5.99. The normalized spacial score (nSPS) is 10.3. The molecule has 1 aromatic heterocycles. The smallest absolute Gasteiger partial charge is 0.343 e. The third-order valence-electron chi connectivity index (χ3n) is 4.10. The Morgan fingerprint density at radius 3 is 2.67 bits per heavy atom. The number of nitrogens with zero attached hydrogens (tertiary/aromatic N) is 3. The third kappa shape index (κ3) is 4.15. The van der Waals surface area contributed by atoms with Gasteiger partial charge in [0.15, 0.2) is 5.82 Å². The van der Waals surface area contributed by atoms with Crippen LogP contribution in [0.3, 0.4) is 0 Å². The molecule has 0 spiro atoms. The standard InChI is InChI=1S/C21H20N4O2/c1-3-27-21(26)19-14-25(2)24-20(19)23-13-15-8-10-16(11-9-15)18-7-5-4-6-17(18)12-22/h4-11,14H,3,13H2,1-2H3,(H,23,24). The minimum absolute atomic E-state index is 0.318. The maximum atomic E-state index is 12.0. The summed E-state index contributed by atoms with van der Waals surface area (Å²) in [7, 11) is 1.76. The summed E-state index contributed by atoms with van der Waals surface area (Å²) in [5, 5.41) is 16.7. The molecule has 6 nitrogen and oxygen atoms in total. The molecule has 3 aromatic rings. The number of ether oxygens (including phenoxy) is 1. The van der Waals surface area contributed by atoms with Gasteiger partial charge in [-0.3, -0.25) is 4.68 Å². The first-order valence-electron chi connectivity index (χ1n) is 8.65. The van der Waals surface area contributed by atoms with Crippen LogP contribution in [0.25, 0.3) is 11.1 Å². The molecule has 6 heteroatoms. The number of carbonyl (C=O) groups is 1. The van der Waals surface area contributed by atoms with Crippen molar-refractivity contribution < 1.29 is 9.53 Å². The Morgan fingerprint density at radius 2 is 1.96 bits per heavy atom. The lowest BCUT2D eigenvalue weighted by atomic mass is 9.99. The summed E-state index contributed by atoms with van der Waals surface area (Å²) in [4.78, 5) is 12.0. The molecule has 0 saturated heterocycles. The molecular formula is C21H20N4O2. The van der Waals surface area contributed by atoms with Crippen molar-refractivity contribution in [2.24, 2.45) is 7.05 Å². The van der Waals surface area contributed by atoms with Gasteiger partial charge in [-0.25, -0.2) is 4.79 Å². The second-order valence-corrected chi connectivity index (χ2v) is 5.99. The summed E-state index contributed by atoms with van der Waals surface area (Å²) in [6, 6.07) is 17.7. The summed E-state index contributed by atoms with van der Waals surface area (Å²) in [5.74, 6) is 0.103. The minimum Gasteiger partial charge on any atom is -0.462 e. The summed E-state index contributed by atoms with van der Waals surface area (Å²) >= 11 is 0. The van der Waals surface area contributed by atoms with E-state index in [1.54, 1.807) is 24.9 Å². The van der Waals surface area contributed by atoms with Gasteiger partial charge >= 0.3 is 5.97 Å². The van der Waals surface area contributed by atoms with Gasteiger partial charge in [0.2, 0.25) is 0 Å². The maximum absolute atomic E-state index is 12.0. The average Bonchev–Trinajstić information content (AvgIpc) is 3.08. The van der Waals surface area contributed by atoms with Crippen LogP contribution in [0.1, 0.15) is 28.4 Å². The second kappa shape index (κ2) is 8.19. The molecule has 0 amide bonds. The van der Waals surface area contributed by atoms with E-state index in [4.69, 9.17) is 4.74 Å². The fourth-order valence-corrected chi connectivity index (χ4v) is 2.80. The highest BCUT2D eigenvalue weighted by molar-refractivity contribution is 5.94. The molecular weight excluding hydrogens is 340 g/mol. The van der Waals surface area contributed by atoms with Crippen LogP contribution in [0, 0.1) is 11.3 Å². The highest BCUT2D eigenvalue weighted by Crippen LogP contribution is 2.24. The third-order valence-corrected chi connectivity index (χ3v) is 4.10. The number of hydrogen-bond donors (Lipinski definition) is 1. The Labute approximate surface area is 158 Å². The van der Waals surface area contributed by atoms with Crippen LogP contribution < -0.4 is 5.32 Å². The number of anilines is 1. The van der Waals surface area contributed by atoms with E-state index >= 15 is 0 Å². The lowest BCUT2D eigenvalue weighted by Crippen LogP contribution is -2.08. The van der Waals surface area contributed by atoms with Gasteiger partial charge < -0.3 is 10.1 Å². The van der Waals surface area contributed by atoms with Gasteiger partial charge in [0.05, 0.1) is 18.2 Å². The van der Waals surface area contributed by atoms with E-state index in [-0.39, 0.29) is 0 Å². The first kappa shape index (κ1) is 18.2. The molecule has 3 rings (SSSR count). The lowest BCUT2D eigenvalue weighted by Gasteiger charge is -2.08. The molecule has 0 aliphatic rings. The van der Waals surface area contributed by atoms with Crippen molar-refractivity contribution >= 4 is 11.8 Å². The number of esters is 1. The van der Waals surface area contributed by atoms with Crippen LogP contribution in [0.5, 0.6) is 0 Å². The lowest BCUT2D eigenvalue weighted by molar-refractivity contribution is 0.0527. The number of aryl methyl sites for hydroxylation is 1. The fraction of sp³-hybridized carbons (Fsp3) is 0.190. The van der Waals surface area contributed by atoms with Gasteiger partial charge in [-0.1, -0.05) is 42.5 Å². The van der Waals surface area contributed by atoms with E-state index < -0.39 is 5.97 Å². The molecule has 2 aromatic carbocycles. The molecule has 0 unspecified atom stereocenters. The molecule has 136 valence electrons. The van der Waals surface area contributed by atoms with Gasteiger partial charge in [0, 0.05) is 19.8 Å². The quantitative estimate of drug-likeness (QED) is 0.677. The molecule has 0 bridgehead atoms. The van der Waals surface area contributed by atoms with Crippen LogP contribution in [0.4, 0.5) is 5.82 Å². The largest absolute Gasteiger partial charge is 0.462 e. The molecule has 0 aliphatic carbocycles. The maximum Gasteiger partial charge on any atom is 0.343 e. The summed E-state index contributed by atoms with van der Waals surface area (Å²) < 4.78 is 6.64. The topological polar surface area (TPSA) is 79.9 Å². The van der Waals surface area contributed by atoms with Crippen molar-refractivity contribution in [1.29, 1.82) is 5.26 Å². The highest BCUT2D eigenvalue weighted by Gasteiger charge is 2.16. The Bertz CT molecular complexity index is 984. The van der Waals surface area contributed by atoms with Crippen LogP contribution >= 0.6 is 0 Å². The van der Waals surface area contributed by atoms with Crippen LogP contribution in [0.15, 0.2) is 54.7 Å². The van der Waals surface area contributed by atoms with Gasteiger partial charge in [0.25, 0.3) is 0 Å². The van der Waals surface area contributed by atoms with Crippen molar-refractivity contribution in [2.45, 2.75) is 13.5 Å². The molecule has 0 saturated carbocycles. The van der Waals surface area contributed by atoms with E-state index in [9.17, 15) is 10.1 Å². The van der Waals surface area contributed by atoms with E-state index in [1.807, 2.05) is 48.5 Å². The Hall–Kier alpha value is -3.59. The monoisotopic (exact) mass is 360 g/mol. The Balaban J connectivity index is 1.73. The van der Waals surface area contributed by atoms with Crippen molar-refractivity contribution in [3.8, 4) is 17.2 Å². The van der Waals surface area contributed by atoms with Crippen molar-refractivity contribution in [2.75, 3.05) is 11.9 Å². The summed E-state index contributed by atoms with van der Waals surface area (Å²) in [6.07, 6.45) is 1.64.